The van der Waals surface area contributed by atoms with Crippen LogP contribution in [0.25, 0.3) is 11.0 Å². The molecule has 0 radical (unpaired) electrons. The van der Waals surface area contributed by atoms with Crippen LogP contribution < -0.4 is 0 Å². The summed E-state index contributed by atoms with van der Waals surface area (Å²) in [6.45, 7) is 1.14. The fourth-order valence-corrected chi connectivity index (χ4v) is 3.85. The minimum absolute atomic E-state index is 0.106. The lowest BCUT2D eigenvalue weighted by atomic mass is 10.1. The van der Waals surface area contributed by atoms with Crippen LogP contribution in [0.3, 0.4) is 0 Å². The molecule has 4 rings (SSSR count). The molecule has 1 aromatic carbocycles. The lowest BCUT2D eigenvalue weighted by molar-refractivity contribution is -0.135. The number of hydrogen-bond acceptors (Lipinski definition) is 4. The van der Waals surface area contributed by atoms with Gasteiger partial charge in [0.2, 0.25) is 5.91 Å². The average Bonchev–Trinajstić information content (AvgIpc) is 3.38. The second kappa shape index (κ2) is 6.25. The molecule has 3 heterocycles. The highest BCUT2D eigenvalue weighted by Crippen LogP contribution is 2.27. The van der Waals surface area contributed by atoms with Gasteiger partial charge in [-0.05, 0) is 37.8 Å². The zero-order chi connectivity index (χ0) is 17.4. The highest BCUT2D eigenvalue weighted by Gasteiger charge is 2.40. The predicted molar refractivity (Wildman–Crippen MR) is 90.6 cm³/mol. The molecule has 0 spiro atoms. The van der Waals surface area contributed by atoms with E-state index in [1.54, 1.807) is 15.9 Å². The third-order valence-corrected chi connectivity index (χ3v) is 5.12. The van der Waals surface area contributed by atoms with Gasteiger partial charge >= 0.3 is 0 Å². The van der Waals surface area contributed by atoms with E-state index < -0.39 is 6.04 Å². The third kappa shape index (κ3) is 2.66. The quantitative estimate of drug-likeness (QED) is 0.844. The third-order valence-electron chi connectivity index (χ3n) is 5.12. The first kappa shape index (κ1) is 15.7. The number of carbonyl (C=O) groups is 2. The van der Waals surface area contributed by atoms with Gasteiger partial charge in [0.05, 0.1) is 6.07 Å². The van der Waals surface area contributed by atoms with E-state index in [4.69, 9.17) is 4.42 Å². The Morgan fingerprint density at radius 2 is 1.88 bits per heavy atom. The van der Waals surface area contributed by atoms with Crippen LogP contribution in [0.2, 0.25) is 0 Å². The van der Waals surface area contributed by atoms with Gasteiger partial charge in [0.25, 0.3) is 5.91 Å². The summed E-state index contributed by atoms with van der Waals surface area (Å²) in [6, 6.07) is 10.5. The van der Waals surface area contributed by atoms with Crippen LogP contribution in [0.4, 0.5) is 0 Å². The number of para-hydroxylation sites is 1. The van der Waals surface area contributed by atoms with Crippen LogP contribution in [-0.4, -0.2) is 46.8 Å². The van der Waals surface area contributed by atoms with Crippen LogP contribution in [0.15, 0.2) is 34.7 Å². The number of fused-ring (bicyclic) bond motifs is 1. The highest BCUT2D eigenvalue weighted by molar-refractivity contribution is 5.99. The first-order valence-electron chi connectivity index (χ1n) is 8.68. The van der Waals surface area contributed by atoms with Gasteiger partial charge in [-0.25, -0.2) is 0 Å². The highest BCUT2D eigenvalue weighted by atomic mass is 16.3. The van der Waals surface area contributed by atoms with Crippen molar-refractivity contribution < 1.29 is 14.0 Å². The van der Waals surface area contributed by atoms with Gasteiger partial charge in [-0.1, -0.05) is 18.2 Å². The zero-order valence-corrected chi connectivity index (χ0v) is 13.9. The molecule has 25 heavy (non-hydrogen) atoms. The maximum Gasteiger partial charge on any atom is 0.290 e. The molecule has 2 aromatic rings. The van der Waals surface area contributed by atoms with Crippen molar-refractivity contribution >= 4 is 22.8 Å². The molecule has 0 aliphatic carbocycles. The summed E-state index contributed by atoms with van der Waals surface area (Å²) >= 11 is 0. The fourth-order valence-electron chi connectivity index (χ4n) is 3.85. The number of rotatable bonds is 2. The van der Waals surface area contributed by atoms with E-state index in [1.165, 1.54) is 0 Å². The second-order valence-corrected chi connectivity index (χ2v) is 6.62. The van der Waals surface area contributed by atoms with Crippen LogP contribution in [-0.2, 0) is 4.79 Å². The number of furan rings is 1. The summed E-state index contributed by atoms with van der Waals surface area (Å²) in [5.74, 6) is -0.0927. The molecule has 1 aromatic heterocycles. The Morgan fingerprint density at radius 3 is 2.68 bits per heavy atom. The molecule has 0 saturated carbocycles. The molecule has 6 heteroatoms. The molecule has 2 amide bonds. The summed E-state index contributed by atoms with van der Waals surface area (Å²) in [5.41, 5.74) is 0.664. The van der Waals surface area contributed by atoms with Gasteiger partial charge in [0.1, 0.15) is 17.7 Å². The van der Waals surface area contributed by atoms with Gasteiger partial charge < -0.3 is 14.2 Å². The van der Waals surface area contributed by atoms with Crippen molar-refractivity contribution in [3.8, 4) is 6.07 Å². The summed E-state index contributed by atoms with van der Waals surface area (Å²) in [5, 5.41) is 10.1. The van der Waals surface area contributed by atoms with Gasteiger partial charge in [-0.15, -0.1) is 0 Å². The Labute approximate surface area is 145 Å². The first-order chi connectivity index (χ1) is 12.2. The van der Waals surface area contributed by atoms with E-state index in [-0.39, 0.29) is 23.6 Å². The zero-order valence-electron chi connectivity index (χ0n) is 13.9. The summed E-state index contributed by atoms with van der Waals surface area (Å²) < 4.78 is 5.67. The number of amides is 2. The molecule has 6 nitrogen and oxygen atoms in total. The van der Waals surface area contributed by atoms with Crippen molar-refractivity contribution in [1.82, 2.24) is 9.80 Å². The monoisotopic (exact) mass is 337 g/mol. The molecule has 0 N–H and O–H groups in total. The van der Waals surface area contributed by atoms with Gasteiger partial charge in [-0.3, -0.25) is 9.59 Å². The number of benzene rings is 1. The van der Waals surface area contributed by atoms with Crippen LogP contribution >= 0.6 is 0 Å². The van der Waals surface area contributed by atoms with E-state index in [9.17, 15) is 14.9 Å². The molecule has 2 aliphatic heterocycles. The smallest absolute Gasteiger partial charge is 0.290 e. The van der Waals surface area contributed by atoms with E-state index in [1.807, 2.05) is 24.3 Å². The Balaban J connectivity index is 1.57. The van der Waals surface area contributed by atoms with E-state index >= 15 is 0 Å². The van der Waals surface area contributed by atoms with Gasteiger partial charge in [-0.2, -0.15) is 5.26 Å². The molecule has 2 saturated heterocycles. The number of hydrogen-bond donors (Lipinski definition) is 0. The first-order valence-corrected chi connectivity index (χ1v) is 8.68. The molecular weight excluding hydrogens is 318 g/mol. The largest absolute Gasteiger partial charge is 0.451 e. The van der Waals surface area contributed by atoms with Crippen molar-refractivity contribution in [3.63, 3.8) is 0 Å². The summed E-state index contributed by atoms with van der Waals surface area (Å²) in [6.07, 6.45) is 2.98. The fraction of sp³-hybridized carbons (Fsp3) is 0.421. The SMILES string of the molecule is N#C[C@@H]1CCCN1C(=O)[C@H]1CCCN1C(=O)c1cc2ccccc2o1. The van der Waals surface area contributed by atoms with Crippen molar-refractivity contribution in [3.05, 3.63) is 36.1 Å². The van der Waals surface area contributed by atoms with E-state index in [0.717, 1.165) is 18.2 Å². The number of likely N-dealkylation sites (tertiary alicyclic amines) is 2. The summed E-state index contributed by atoms with van der Waals surface area (Å²) in [4.78, 5) is 29.0. The molecule has 2 fully saturated rings. The van der Waals surface area contributed by atoms with Gasteiger partial charge in [0.15, 0.2) is 5.76 Å². The normalized spacial score (nSPS) is 23.2. The van der Waals surface area contributed by atoms with Gasteiger partial charge in [0, 0.05) is 18.5 Å². The number of nitriles is 1. The molecule has 128 valence electrons. The van der Waals surface area contributed by atoms with E-state index in [2.05, 4.69) is 6.07 Å². The van der Waals surface area contributed by atoms with Crippen molar-refractivity contribution in [2.45, 2.75) is 37.8 Å². The Bertz CT molecular complexity index is 833. The maximum atomic E-state index is 12.9. The van der Waals surface area contributed by atoms with Crippen molar-refractivity contribution in [2.24, 2.45) is 0 Å². The number of carbonyl (C=O) groups excluding carboxylic acids is 2. The minimum atomic E-state index is -0.491. The minimum Gasteiger partial charge on any atom is -0.451 e. The second-order valence-electron chi connectivity index (χ2n) is 6.62. The molecule has 2 aliphatic rings. The topological polar surface area (TPSA) is 77.5 Å². The lowest BCUT2D eigenvalue weighted by Crippen LogP contribution is -2.49. The molecule has 0 bridgehead atoms. The Kier molecular flexibility index (Phi) is 3.92. The lowest BCUT2D eigenvalue weighted by Gasteiger charge is -2.28. The Hall–Kier alpha value is -2.81. The predicted octanol–water partition coefficient (Wildman–Crippen LogP) is 2.55. The van der Waals surface area contributed by atoms with Crippen molar-refractivity contribution in [2.75, 3.05) is 13.1 Å². The van der Waals surface area contributed by atoms with Crippen LogP contribution in [0.5, 0.6) is 0 Å². The molecular formula is C19H19N3O3. The average molecular weight is 337 g/mol. The maximum absolute atomic E-state index is 12.9. The standard InChI is InChI=1S/C19H19N3O3/c20-12-14-6-3-9-21(14)18(23)15-7-4-10-22(15)19(24)17-11-13-5-1-2-8-16(13)25-17/h1-2,5,8,11,14-15H,3-4,6-7,9-10H2/t14-,15+/m0/s1. The van der Waals surface area contributed by atoms with Crippen LogP contribution in [0, 0.1) is 11.3 Å². The van der Waals surface area contributed by atoms with Crippen LogP contribution in [0.1, 0.15) is 36.2 Å². The summed E-state index contributed by atoms with van der Waals surface area (Å²) in [7, 11) is 0. The van der Waals surface area contributed by atoms with E-state index in [0.29, 0.717) is 31.5 Å². The Morgan fingerprint density at radius 1 is 1.12 bits per heavy atom. The number of nitrogens with zero attached hydrogens (tertiary/aromatic N) is 3. The molecule has 0 unspecified atom stereocenters. The molecule has 2 atom stereocenters. The van der Waals surface area contributed by atoms with Crippen molar-refractivity contribution in [1.29, 1.82) is 5.26 Å².